The normalized spacial score (nSPS) is 27.2. The average Bonchev–Trinajstić information content (AvgIpc) is 3.24. The number of carbonyl (C=O) groups excluding carboxylic acids is 2. The van der Waals surface area contributed by atoms with Crippen molar-refractivity contribution in [3.63, 3.8) is 0 Å². The lowest BCUT2D eigenvalue weighted by Gasteiger charge is -2.33. The van der Waals surface area contributed by atoms with Crippen LogP contribution in [0.15, 0.2) is 36.7 Å². The predicted molar refractivity (Wildman–Crippen MR) is 159 cm³/mol. The Morgan fingerprint density at radius 2 is 1.93 bits per heavy atom. The van der Waals surface area contributed by atoms with Crippen LogP contribution in [0.25, 0.3) is 11.2 Å². The Kier molecular flexibility index (Phi) is 9.39. The highest BCUT2D eigenvalue weighted by Gasteiger charge is 2.84. The molecule has 2 unspecified atom stereocenters. The van der Waals surface area contributed by atoms with Crippen LogP contribution < -0.4 is 15.6 Å². The SMILES string of the molecule is CCOC(=O)COP(=O)(N[C@H](Cc1ccccc1)C(=O)OC(C)C)OC1[C@H]2O[C@@H](n3cnc4c(OC)nc(N)nc43)[C@](C)(O)[C@@]12O. The van der Waals surface area contributed by atoms with Gasteiger partial charge in [0.15, 0.2) is 29.6 Å². The number of ether oxygens (including phenoxy) is 4. The summed E-state index contributed by atoms with van der Waals surface area (Å²) < 4.78 is 48.3. The van der Waals surface area contributed by atoms with Gasteiger partial charge in [-0.15, -0.1) is 0 Å². The highest BCUT2D eigenvalue weighted by Crippen LogP contribution is 2.65. The zero-order chi connectivity index (χ0) is 33.4. The van der Waals surface area contributed by atoms with E-state index in [1.807, 2.05) is 0 Å². The summed E-state index contributed by atoms with van der Waals surface area (Å²) in [5.74, 6) is -1.64. The number of aliphatic hydroxyl groups is 2. The van der Waals surface area contributed by atoms with Crippen LogP contribution >= 0.6 is 7.75 Å². The highest BCUT2D eigenvalue weighted by atomic mass is 31.2. The molecule has 46 heavy (non-hydrogen) atoms. The summed E-state index contributed by atoms with van der Waals surface area (Å²) in [7, 11) is -3.27. The van der Waals surface area contributed by atoms with E-state index < -0.39 is 68.1 Å². The van der Waals surface area contributed by atoms with Gasteiger partial charge in [-0.1, -0.05) is 30.3 Å². The molecule has 0 bridgehead atoms. The Morgan fingerprint density at radius 3 is 2.54 bits per heavy atom. The fourth-order valence-electron chi connectivity index (χ4n) is 5.35. The van der Waals surface area contributed by atoms with E-state index in [4.69, 9.17) is 33.7 Å². The Labute approximate surface area is 263 Å². The van der Waals surface area contributed by atoms with Gasteiger partial charge >= 0.3 is 19.7 Å². The first kappa shape index (κ1) is 33.7. The molecule has 0 amide bonds. The van der Waals surface area contributed by atoms with Gasteiger partial charge in [0.1, 0.15) is 23.9 Å². The minimum absolute atomic E-state index is 0.0132. The molecule has 1 aliphatic carbocycles. The lowest BCUT2D eigenvalue weighted by molar-refractivity contribution is -0.156. The molecule has 1 saturated heterocycles. The number of nitrogens with one attached hydrogen (secondary N) is 1. The van der Waals surface area contributed by atoms with Crippen molar-refractivity contribution in [2.24, 2.45) is 0 Å². The van der Waals surface area contributed by atoms with Gasteiger partial charge in [0.05, 0.1) is 26.1 Å². The highest BCUT2D eigenvalue weighted by molar-refractivity contribution is 7.51. The Morgan fingerprint density at radius 1 is 1.22 bits per heavy atom. The number of rotatable bonds is 14. The zero-order valence-electron chi connectivity index (χ0n) is 25.9. The van der Waals surface area contributed by atoms with Gasteiger partial charge in [0.25, 0.3) is 0 Å². The smallest absolute Gasteiger partial charge is 0.407 e. The van der Waals surface area contributed by atoms with Crippen molar-refractivity contribution < 1.29 is 52.4 Å². The molecule has 3 heterocycles. The first-order valence-electron chi connectivity index (χ1n) is 14.5. The van der Waals surface area contributed by atoms with Crippen molar-refractivity contribution in [1.82, 2.24) is 24.6 Å². The molecule has 1 aromatic carbocycles. The van der Waals surface area contributed by atoms with Crippen molar-refractivity contribution in [2.75, 3.05) is 26.1 Å². The number of nitrogens with zero attached hydrogens (tertiary/aromatic N) is 4. The van der Waals surface area contributed by atoms with Crippen molar-refractivity contribution >= 4 is 36.8 Å². The monoisotopic (exact) mass is 664 g/mol. The number of carbonyl (C=O) groups is 2. The Balaban J connectivity index is 1.41. The number of hydrogen-bond acceptors (Lipinski definition) is 15. The second kappa shape index (κ2) is 12.8. The molecule has 5 rings (SSSR count). The van der Waals surface area contributed by atoms with Crippen LogP contribution in [0.2, 0.25) is 0 Å². The van der Waals surface area contributed by atoms with Gasteiger partial charge in [-0.3, -0.25) is 18.4 Å². The first-order valence-corrected chi connectivity index (χ1v) is 16.0. The van der Waals surface area contributed by atoms with Crippen LogP contribution in [0.3, 0.4) is 0 Å². The minimum Gasteiger partial charge on any atom is -0.479 e. The second-order valence-electron chi connectivity index (χ2n) is 11.3. The largest absolute Gasteiger partial charge is 0.479 e. The zero-order valence-corrected chi connectivity index (χ0v) is 26.7. The minimum atomic E-state index is -4.65. The van der Waals surface area contributed by atoms with Crippen molar-refractivity contribution in [3.05, 3.63) is 42.2 Å². The van der Waals surface area contributed by atoms with Crippen LogP contribution in [0, 0.1) is 0 Å². The maximum absolute atomic E-state index is 14.3. The fraction of sp³-hybridized carbons (Fsp3) is 0.536. The quantitative estimate of drug-likeness (QED) is 0.139. The Hall–Kier alpha value is -3.70. The van der Waals surface area contributed by atoms with E-state index >= 15 is 0 Å². The van der Waals surface area contributed by atoms with E-state index in [9.17, 15) is 24.4 Å². The van der Waals surface area contributed by atoms with Crippen LogP contribution in [-0.2, 0) is 43.8 Å². The van der Waals surface area contributed by atoms with Crippen molar-refractivity contribution in [1.29, 1.82) is 0 Å². The molecule has 1 aliphatic heterocycles. The number of esters is 2. The van der Waals surface area contributed by atoms with E-state index in [1.54, 1.807) is 51.1 Å². The van der Waals surface area contributed by atoms with Gasteiger partial charge < -0.3 is 34.9 Å². The summed E-state index contributed by atoms with van der Waals surface area (Å²) in [6.07, 6.45) is -3.10. The van der Waals surface area contributed by atoms with E-state index in [0.717, 1.165) is 0 Å². The summed E-state index contributed by atoms with van der Waals surface area (Å²) in [6.45, 7) is 5.41. The summed E-state index contributed by atoms with van der Waals surface area (Å²) in [5, 5.41) is 25.9. The van der Waals surface area contributed by atoms with Crippen LogP contribution in [0.1, 0.15) is 39.5 Å². The molecule has 3 aromatic rings. The van der Waals surface area contributed by atoms with Crippen LogP contribution in [0.4, 0.5) is 5.95 Å². The summed E-state index contributed by atoms with van der Waals surface area (Å²) in [6, 6.07) is 7.59. The van der Waals surface area contributed by atoms with E-state index in [-0.39, 0.29) is 36.0 Å². The first-order chi connectivity index (χ1) is 21.7. The summed E-state index contributed by atoms with van der Waals surface area (Å²) in [4.78, 5) is 37.7. The van der Waals surface area contributed by atoms with E-state index in [2.05, 4.69) is 20.0 Å². The van der Waals surface area contributed by atoms with Gasteiger partial charge in [-0.2, -0.15) is 9.97 Å². The number of nitrogen functional groups attached to an aromatic ring is 1. The second-order valence-corrected chi connectivity index (χ2v) is 13.0. The number of hydrogen-bond donors (Lipinski definition) is 4. The maximum Gasteiger partial charge on any atom is 0.407 e. The van der Waals surface area contributed by atoms with E-state index in [1.165, 1.54) is 24.9 Å². The van der Waals surface area contributed by atoms with Gasteiger partial charge in [-0.25, -0.2) is 19.4 Å². The van der Waals surface area contributed by atoms with Crippen molar-refractivity contribution in [2.45, 2.75) is 75.9 Å². The lowest BCUT2D eigenvalue weighted by Crippen LogP contribution is -2.49. The molecule has 2 aromatic heterocycles. The number of aromatic nitrogens is 4. The number of nitrogens with two attached hydrogens (primary N) is 1. The van der Waals surface area contributed by atoms with Gasteiger partial charge in [0, 0.05) is 0 Å². The number of fused-ring (bicyclic) bond motifs is 2. The fourth-order valence-corrected chi connectivity index (χ4v) is 6.97. The molecular formula is C28H37N6O11P. The van der Waals surface area contributed by atoms with E-state index in [0.29, 0.717) is 5.56 Å². The van der Waals surface area contributed by atoms with Crippen LogP contribution in [0.5, 0.6) is 5.88 Å². The molecule has 250 valence electrons. The summed E-state index contributed by atoms with van der Waals surface area (Å²) >= 11 is 0. The third-order valence-electron chi connectivity index (χ3n) is 7.60. The number of methoxy groups -OCH3 is 1. The van der Waals surface area contributed by atoms with Crippen molar-refractivity contribution in [3.8, 4) is 5.88 Å². The Bertz CT molecular complexity index is 1640. The third-order valence-corrected chi connectivity index (χ3v) is 9.20. The molecule has 0 radical (unpaired) electrons. The summed E-state index contributed by atoms with van der Waals surface area (Å²) in [5.41, 5.74) is 2.69. The molecule has 0 spiro atoms. The third kappa shape index (κ3) is 6.31. The molecule has 2 aliphatic rings. The number of anilines is 1. The van der Waals surface area contributed by atoms with Crippen LogP contribution in [-0.4, -0.2) is 97.6 Å². The molecule has 18 heteroatoms. The molecular weight excluding hydrogens is 627 g/mol. The predicted octanol–water partition coefficient (Wildman–Crippen LogP) is 1.04. The molecule has 5 N–H and O–H groups in total. The number of benzene rings is 1. The molecule has 2 fully saturated rings. The lowest BCUT2D eigenvalue weighted by atomic mass is 9.95. The standard InChI is InChI=1S/C28H37N6O11P/c1-6-41-18(35)13-42-46(39,33-17(24(36)43-15(2)3)12-16-10-8-7-9-11-16)45-21-20-28(21,38)27(4,37)25(44-20)34-14-30-19-22(34)31-26(29)32-23(19)40-5/h7-11,14-15,17,20-21,25,37-38H,6,12-13H2,1-5H3,(H,33,39)(H2,29,31,32)/t17-,20-,21?,25-,27+,28+,46?/m1/s1. The number of imidazole rings is 1. The maximum atomic E-state index is 14.3. The molecule has 7 atom stereocenters. The molecule has 1 saturated carbocycles. The average molecular weight is 665 g/mol. The molecule has 17 nitrogen and oxygen atoms in total. The van der Waals surface area contributed by atoms with Gasteiger partial charge in [-0.05, 0) is 39.7 Å². The topological polar surface area (TPSA) is 229 Å². The van der Waals surface area contributed by atoms with Gasteiger partial charge in [0.2, 0.25) is 11.8 Å².